The number of ether oxygens (including phenoxy) is 2. The molecule has 2 N–H and O–H groups in total. The number of anilines is 1. The molecule has 2 rings (SSSR count). The van der Waals surface area contributed by atoms with Gasteiger partial charge in [0.2, 0.25) is 5.91 Å². The Bertz CT molecular complexity index is 832. The van der Waals surface area contributed by atoms with Gasteiger partial charge in [-0.3, -0.25) is 9.59 Å². The molecule has 2 amide bonds. The van der Waals surface area contributed by atoms with Gasteiger partial charge in [0.15, 0.2) is 0 Å². The summed E-state index contributed by atoms with van der Waals surface area (Å²) in [7, 11) is 0. The topological polar surface area (TPSA) is 93.7 Å². The van der Waals surface area contributed by atoms with E-state index in [1.807, 2.05) is 36.4 Å². The van der Waals surface area contributed by atoms with Crippen LogP contribution in [0.25, 0.3) is 0 Å². The minimum atomic E-state index is -0.954. The third-order valence-electron chi connectivity index (χ3n) is 3.93. The van der Waals surface area contributed by atoms with E-state index in [2.05, 4.69) is 10.6 Å². The van der Waals surface area contributed by atoms with Gasteiger partial charge in [0.1, 0.15) is 18.2 Å². The highest BCUT2D eigenvalue weighted by Crippen LogP contribution is 2.11. The Kier molecular flexibility index (Phi) is 8.41. The zero-order valence-electron chi connectivity index (χ0n) is 17.5. The number of para-hydroxylation sites is 1. The van der Waals surface area contributed by atoms with E-state index in [9.17, 15) is 14.4 Å². The van der Waals surface area contributed by atoms with Crippen molar-refractivity contribution in [3.05, 3.63) is 66.2 Å². The van der Waals surface area contributed by atoms with E-state index in [0.29, 0.717) is 5.69 Å². The second kappa shape index (κ2) is 11.0. The van der Waals surface area contributed by atoms with E-state index >= 15 is 0 Å². The Morgan fingerprint density at radius 2 is 1.53 bits per heavy atom. The molecule has 0 fully saturated rings. The average Bonchev–Trinajstić information content (AvgIpc) is 2.69. The second-order valence-electron chi connectivity index (χ2n) is 7.74. The number of benzene rings is 2. The van der Waals surface area contributed by atoms with Crippen LogP contribution >= 0.6 is 0 Å². The zero-order valence-corrected chi connectivity index (χ0v) is 17.5. The Morgan fingerprint density at radius 1 is 0.933 bits per heavy atom. The van der Waals surface area contributed by atoms with Crippen LogP contribution in [0, 0.1) is 0 Å². The lowest BCUT2D eigenvalue weighted by Gasteiger charge is -2.23. The van der Waals surface area contributed by atoms with Crippen LogP contribution in [0.3, 0.4) is 0 Å². The average molecular weight is 412 g/mol. The molecule has 2 aromatic carbocycles. The number of carbonyl (C=O) groups excluding carboxylic acids is 3. The molecule has 7 heteroatoms. The molecule has 0 radical (unpaired) electrons. The molecule has 160 valence electrons. The second-order valence-corrected chi connectivity index (χ2v) is 7.74. The molecule has 1 atom stereocenters. The number of rotatable bonds is 8. The number of hydrogen-bond donors (Lipinski definition) is 2. The standard InChI is InChI=1S/C23H28N2O5/c1-23(2,3)30-22(28)25-19(21(27)24-18-12-8-5-9-13-18)14-15-20(26)29-16-17-10-6-4-7-11-17/h4-13,19H,14-16H2,1-3H3,(H,24,27)(H,25,28)/t19-/m0/s1. The molecule has 2 aromatic rings. The van der Waals surface area contributed by atoms with E-state index < -0.39 is 29.6 Å². The van der Waals surface area contributed by atoms with E-state index in [1.54, 1.807) is 45.0 Å². The van der Waals surface area contributed by atoms with Crippen molar-refractivity contribution in [3.8, 4) is 0 Å². The Hall–Kier alpha value is -3.35. The first-order valence-electron chi connectivity index (χ1n) is 9.78. The Morgan fingerprint density at radius 3 is 2.13 bits per heavy atom. The number of nitrogens with one attached hydrogen (secondary N) is 2. The number of alkyl carbamates (subject to hydrolysis) is 1. The molecule has 30 heavy (non-hydrogen) atoms. The normalized spacial score (nSPS) is 11.8. The lowest BCUT2D eigenvalue weighted by Crippen LogP contribution is -2.46. The van der Waals surface area contributed by atoms with Crippen LogP contribution in [0.1, 0.15) is 39.2 Å². The van der Waals surface area contributed by atoms with Crippen LogP contribution in [-0.4, -0.2) is 29.6 Å². The summed E-state index contributed by atoms with van der Waals surface area (Å²) >= 11 is 0. The molecule has 0 saturated carbocycles. The minimum absolute atomic E-state index is 0.0322. The number of hydrogen-bond acceptors (Lipinski definition) is 5. The number of esters is 1. The molecule has 0 aliphatic heterocycles. The van der Waals surface area contributed by atoms with Crippen molar-refractivity contribution in [1.29, 1.82) is 0 Å². The molecule has 0 aliphatic rings. The van der Waals surface area contributed by atoms with E-state index in [1.165, 1.54) is 0 Å². The van der Waals surface area contributed by atoms with Gasteiger partial charge in [-0.25, -0.2) is 4.79 Å². The third kappa shape index (κ3) is 8.77. The zero-order chi connectivity index (χ0) is 22.0. The van der Waals surface area contributed by atoms with E-state index in [-0.39, 0.29) is 19.4 Å². The number of amides is 2. The van der Waals surface area contributed by atoms with E-state index in [4.69, 9.17) is 9.47 Å². The van der Waals surface area contributed by atoms with Gasteiger partial charge in [0.05, 0.1) is 0 Å². The van der Waals surface area contributed by atoms with Crippen molar-refractivity contribution in [2.75, 3.05) is 5.32 Å². The molecule has 0 aliphatic carbocycles. The van der Waals surface area contributed by atoms with Gasteiger partial charge < -0.3 is 20.1 Å². The monoisotopic (exact) mass is 412 g/mol. The number of carbonyl (C=O) groups is 3. The van der Waals surface area contributed by atoms with Gasteiger partial charge in [-0.05, 0) is 44.9 Å². The highest BCUT2D eigenvalue weighted by atomic mass is 16.6. The SMILES string of the molecule is CC(C)(C)OC(=O)N[C@@H](CCC(=O)OCc1ccccc1)C(=O)Nc1ccccc1. The maximum absolute atomic E-state index is 12.7. The summed E-state index contributed by atoms with van der Waals surface area (Å²) in [5.41, 5.74) is 0.750. The highest BCUT2D eigenvalue weighted by Gasteiger charge is 2.25. The fourth-order valence-electron chi connectivity index (χ4n) is 2.54. The molecule has 0 bridgehead atoms. The molecule has 7 nitrogen and oxygen atoms in total. The van der Waals surface area contributed by atoms with Crippen LogP contribution in [0.5, 0.6) is 0 Å². The van der Waals surface area contributed by atoms with Gasteiger partial charge in [-0.15, -0.1) is 0 Å². The predicted molar refractivity (Wildman–Crippen MR) is 114 cm³/mol. The first kappa shape index (κ1) is 22.9. The van der Waals surface area contributed by atoms with Gasteiger partial charge >= 0.3 is 12.1 Å². The highest BCUT2D eigenvalue weighted by molar-refractivity contribution is 5.96. The largest absolute Gasteiger partial charge is 0.461 e. The maximum Gasteiger partial charge on any atom is 0.408 e. The van der Waals surface area contributed by atoms with Gasteiger partial charge in [0.25, 0.3) is 0 Å². The van der Waals surface area contributed by atoms with Crippen molar-refractivity contribution < 1.29 is 23.9 Å². The summed E-state index contributed by atoms with van der Waals surface area (Å²) in [5, 5.41) is 5.27. The molecule has 0 saturated heterocycles. The fourth-order valence-corrected chi connectivity index (χ4v) is 2.54. The molecule has 0 unspecified atom stereocenters. The summed E-state index contributed by atoms with van der Waals surface area (Å²) in [4.78, 5) is 36.9. The minimum Gasteiger partial charge on any atom is -0.461 e. The third-order valence-corrected chi connectivity index (χ3v) is 3.93. The van der Waals surface area contributed by atoms with Gasteiger partial charge in [-0.1, -0.05) is 48.5 Å². The summed E-state index contributed by atoms with van der Waals surface area (Å²) in [5.74, 6) is -0.898. The Balaban J connectivity index is 1.94. The summed E-state index contributed by atoms with van der Waals surface area (Å²) in [6.07, 6.45) is -0.686. The smallest absolute Gasteiger partial charge is 0.408 e. The van der Waals surface area contributed by atoms with E-state index in [0.717, 1.165) is 5.56 Å². The van der Waals surface area contributed by atoms with Crippen molar-refractivity contribution in [1.82, 2.24) is 5.32 Å². The van der Waals surface area contributed by atoms with Crippen molar-refractivity contribution >= 4 is 23.7 Å². The van der Waals surface area contributed by atoms with Crippen molar-refractivity contribution in [3.63, 3.8) is 0 Å². The van der Waals surface area contributed by atoms with Crippen LogP contribution < -0.4 is 10.6 Å². The molecule has 0 spiro atoms. The van der Waals surface area contributed by atoms with Gasteiger partial charge in [-0.2, -0.15) is 0 Å². The molecule has 0 aromatic heterocycles. The lowest BCUT2D eigenvalue weighted by atomic mass is 10.1. The van der Waals surface area contributed by atoms with Crippen LogP contribution in [-0.2, 0) is 25.7 Å². The van der Waals surface area contributed by atoms with Crippen LogP contribution in [0.2, 0.25) is 0 Å². The summed E-state index contributed by atoms with van der Waals surface area (Å²) in [6, 6.07) is 17.2. The summed E-state index contributed by atoms with van der Waals surface area (Å²) in [6.45, 7) is 5.34. The quantitative estimate of drug-likeness (QED) is 0.638. The lowest BCUT2D eigenvalue weighted by molar-refractivity contribution is -0.145. The predicted octanol–water partition coefficient (Wildman–Crippen LogP) is 4.04. The van der Waals surface area contributed by atoms with Gasteiger partial charge in [0, 0.05) is 12.1 Å². The summed E-state index contributed by atoms with van der Waals surface area (Å²) < 4.78 is 10.5. The Labute approximate surface area is 176 Å². The first-order valence-corrected chi connectivity index (χ1v) is 9.78. The van der Waals surface area contributed by atoms with Crippen molar-refractivity contribution in [2.45, 2.75) is 51.9 Å². The van der Waals surface area contributed by atoms with Crippen LogP contribution in [0.15, 0.2) is 60.7 Å². The molecule has 0 heterocycles. The molecular weight excluding hydrogens is 384 g/mol. The fraction of sp³-hybridized carbons (Fsp3) is 0.348. The van der Waals surface area contributed by atoms with Crippen LogP contribution in [0.4, 0.5) is 10.5 Å². The van der Waals surface area contributed by atoms with Crippen molar-refractivity contribution in [2.24, 2.45) is 0 Å². The first-order chi connectivity index (χ1) is 14.2. The molecular formula is C23H28N2O5. The maximum atomic E-state index is 12.7.